The first-order valence-electron chi connectivity index (χ1n) is 8.60. The van der Waals surface area contributed by atoms with Gasteiger partial charge in [0.25, 0.3) is 10.2 Å². The molecule has 2 aliphatic heterocycles. The molecule has 3 fully saturated rings. The van der Waals surface area contributed by atoms with Crippen LogP contribution >= 0.6 is 0 Å². The van der Waals surface area contributed by atoms with Crippen molar-refractivity contribution < 1.29 is 8.42 Å². The van der Waals surface area contributed by atoms with Gasteiger partial charge in [-0.25, -0.2) is 0 Å². The summed E-state index contributed by atoms with van der Waals surface area (Å²) in [5.74, 6) is 0.929. The molecule has 1 aliphatic carbocycles. The van der Waals surface area contributed by atoms with Gasteiger partial charge < -0.3 is 5.73 Å². The van der Waals surface area contributed by atoms with E-state index >= 15 is 0 Å². The molecule has 0 bridgehead atoms. The predicted octanol–water partition coefficient (Wildman–Crippen LogP) is 1.56. The zero-order chi connectivity index (χ0) is 14.9. The molecule has 2 saturated heterocycles. The van der Waals surface area contributed by atoms with Gasteiger partial charge in [0.05, 0.1) is 0 Å². The highest BCUT2D eigenvalue weighted by atomic mass is 32.2. The highest BCUT2D eigenvalue weighted by molar-refractivity contribution is 7.86. The molecule has 0 aromatic rings. The molecule has 2 unspecified atom stereocenters. The smallest absolute Gasteiger partial charge is 0.282 e. The van der Waals surface area contributed by atoms with E-state index in [2.05, 4.69) is 0 Å². The lowest BCUT2D eigenvalue weighted by atomic mass is 9.97. The normalized spacial score (nSPS) is 33.8. The van der Waals surface area contributed by atoms with E-state index in [1.54, 1.807) is 4.31 Å². The fraction of sp³-hybridized carbons (Fsp3) is 1.00. The van der Waals surface area contributed by atoms with E-state index in [-0.39, 0.29) is 6.04 Å². The number of hydrogen-bond acceptors (Lipinski definition) is 3. The molecule has 2 N–H and O–H groups in total. The van der Waals surface area contributed by atoms with Crippen molar-refractivity contribution in [1.82, 2.24) is 8.61 Å². The molecule has 0 radical (unpaired) electrons. The first kappa shape index (κ1) is 15.7. The molecule has 0 aromatic carbocycles. The highest BCUT2D eigenvalue weighted by Crippen LogP contribution is 2.37. The maximum absolute atomic E-state index is 13.0. The minimum Gasteiger partial charge on any atom is -0.330 e. The average molecular weight is 315 g/mol. The monoisotopic (exact) mass is 315 g/mol. The molecule has 3 aliphatic rings. The molecule has 0 aromatic heterocycles. The number of nitrogens with two attached hydrogens (primary N) is 1. The molecule has 1 saturated carbocycles. The molecule has 0 spiro atoms. The van der Waals surface area contributed by atoms with Gasteiger partial charge in [-0.3, -0.25) is 0 Å². The summed E-state index contributed by atoms with van der Waals surface area (Å²) < 4.78 is 29.6. The van der Waals surface area contributed by atoms with Crippen LogP contribution in [0.2, 0.25) is 0 Å². The van der Waals surface area contributed by atoms with E-state index in [0.29, 0.717) is 38.0 Å². The van der Waals surface area contributed by atoms with E-state index in [1.165, 1.54) is 25.7 Å². The van der Waals surface area contributed by atoms with Crippen LogP contribution in [0.15, 0.2) is 0 Å². The van der Waals surface area contributed by atoms with Crippen molar-refractivity contribution in [2.75, 3.05) is 26.2 Å². The van der Waals surface area contributed by atoms with E-state index in [9.17, 15) is 8.42 Å². The van der Waals surface area contributed by atoms with Gasteiger partial charge in [0.15, 0.2) is 0 Å². The van der Waals surface area contributed by atoms with Crippen molar-refractivity contribution in [3.63, 3.8) is 0 Å². The Morgan fingerprint density at radius 3 is 2.38 bits per heavy atom. The van der Waals surface area contributed by atoms with Gasteiger partial charge in [-0.2, -0.15) is 17.0 Å². The zero-order valence-corrected chi connectivity index (χ0v) is 13.7. The summed E-state index contributed by atoms with van der Waals surface area (Å²) in [5.41, 5.74) is 5.75. The summed E-state index contributed by atoms with van der Waals surface area (Å²) in [6.45, 7) is 2.60. The first-order valence-corrected chi connectivity index (χ1v) is 9.99. The van der Waals surface area contributed by atoms with E-state index in [1.807, 2.05) is 4.31 Å². The number of hydrogen-bond donors (Lipinski definition) is 1. The molecule has 6 heteroatoms. The van der Waals surface area contributed by atoms with Crippen LogP contribution in [0, 0.1) is 11.8 Å². The third-order valence-electron chi connectivity index (χ3n) is 5.63. The predicted molar refractivity (Wildman–Crippen MR) is 84.0 cm³/mol. The van der Waals surface area contributed by atoms with Crippen LogP contribution in [0.1, 0.15) is 51.4 Å². The van der Waals surface area contributed by atoms with Gasteiger partial charge in [-0.1, -0.05) is 12.8 Å². The Hall–Kier alpha value is -0.170. The zero-order valence-electron chi connectivity index (χ0n) is 12.9. The molecule has 3 rings (SSSR count). The minimum atomic E-state index is -3.28. The lowest BCUT2D eigenvalue weighted by Crippen LogP contribution is -2.51. The minimum absolute atomic E-state index is 0.260. The second kappa shape index (κ2) is 6.52. The van der Waals surface area contributed by atoms with Crippen molar-refractivity contribution in [3.05, 3.63) is 0 Å². The SMILES string of the molecule is NCC1CCCN(S(=O)(=O)N2CCCC2C2CCCC2)C1. The molecule has 122 valence electrons. The number of nitrogens with zero attached hydrogens (tertiary/aromatic N) is 2. The molecule has 21 heavy (non-hydrogen) atoms. The Kier molecular flexibility index (Phi) is 4.88. The Bertz CT molecular complexity index is 448. The molecular weight excluding hydrogens is 286 g/mol. The summed E-state index contributed by atoms with van der Waals surface area (Å²) in [6.07, 6.45) is 9.05. The van der Waals surface area contributed by atoms with Crippen LogP contribution in [-0.2, 0) is 10.2 Å². The fourth-order valence-corrected chi connectivity index (χ4v) is 6.48. The van der Waals surface area contributed by atoms with Crippen molar-refractivity contribution in [2.24, 2.45) is 17.6 Å². The van der Waals surface area contributed by atoms with E-state index in [4.69, 9.17) is 5.73 Å². The summed E-state index contributed by atoms with van der Waals surface area (Å²) >= 11 is 0. The van der Waals surface area contributed by atoms with Gasteiger partial charge >= 0.3 is 0 Å². The standard InChI is InChI=1S/C15H29N3O2S/c16-11-13-5-3-9-17(12-13)21(19,20)18-10-4-8-15(18)14-6-1-2-7-14/h13-15H,1-12,16H2. The van der Waals surface area contributed by atoms with Crippen LogP contribution in [0.5, 0.6) is 0 Å². The molecule has 2 atom stereocenters. The van der Waals surface area contributed by atoms with E-state index in [0.717, 1.165) is 25.7 Å². The van der Waals surface area contributed by atoms with Crippen LogP contribution in [0.3, 0.4) is 0 Å². The second-order valence-corrected chi connectivity index (χ2v) is 8.86. The third kappa shape index (κ3) is 3.14. The number of rotatable bonds is 4. The molecule has 2 heterocycles. The van der Waals surface area contributed by atoms with Crippen molar-refractivity contribution in [3.8, 4) is 0 Å². The third-order valence-corrected chi connectivity index (χ3v) is 7.66. The summed E-state index contributed by atoms with van der Waals surface area (Å²) in [4.78, 5) is 0. The second-order valence-electron chi connectivity index (χ2n) is 6.97. The Morgan fingerprint density at radius 2 is 1.67 bits per heavy atom. The van der Waals surface area contributed by atoms with Gasteiger partial charge in [0.1, 0.15) is 0 Å². The molecular formula is C15H29N3O2S. The van der Waals surface area contributed by atoms with Crippen LogP contribution < -0.4 is 5.73 Å². The summed E-state index contributed by atoms with van der Waals surface area (Å²) in [7, 11) is -3.28. The van der Waals surface area contributed by atoms with Crippen molar-refractivity contribution in [1.29, 1.82) is 0 Å². The van der Waals surface area contributed by atoms with Gasteiger partial charge in [0, 0.05) is 25.7 Å². The van der Waals surface area contributed by atoms with Gasteiger partial charge in [-0.15, -0.1) is 0 Å². The average Bonchev–Trinajstić information content (AvgIpc) is 3.17. The quantitative estimate of drug-likeness (QED) is 0.856. The first-order chi connectivity index (χ1) is 10.1. The van der Waals surface area contributed by atoms with Crippen LogP contribution in [-0.4, -0.2) is 49.2 Å². The van der Waals surface area contributed by atoms with Crippen molar-refractivity contribution >= 4 is 10.2 Å². The highest BCUT2D eigenvalue weighted by Gasteiger charge is 2.42. The molecule has 0 amide bonds. The Balaban J connectivity index is 1.73. The van der Waals surface area contributed by atoms with Crippen LogP contribution in [0.4, 0.5) is 0 Å². The van der Waals surface area contributed by atoms with Gasteiger partial charge in [0.2, 0.25) is 0 Å². The lowest BCUT2D eigenvalue weighted by Gasteiger charge is -2.37. The van der Waals surface area contributed by atoms with Crippen LogP contribution in [0.25, 0.3) is 0 Å². The topological polar surface area (TPSA) is 66.6 Å². The molecule has 5 nitrogen and oxygen atoms in total. The lowest BCUT2D eigenvalue weighted by molar-refractivity contribution is 0.228. The maximum atomic E-state index is 13.0. The Morgan fingerprint density at radius 1 is 0.952 bits per heavy atom. The number of piperidine rings is 1. The maximum Gasteiger partial charge on any atom is 0.282 e. The Labute approximate surface area is 129 Å². The summed E-state index contributed by atoms with van der Waals surface area (Å²) in [6, 6.07) is 0.260. The fourth-order valence-electron chi connectivity index (χ4n) is 4.44. The summed E-state index contributed by atoms with van der Waals surface area (Å²) in [5, 5.41) is 0. The largest absolute Gasteiger partial charge is 0.330 e. The van der Waals surface area contributed by atoms with E-state index < -0.39 is 10.2 Å². The van der Waals surface area contributed by atoms with Gasteiger partial charge in [-0.05, 0) is 56.9 Å². The van der Waals surface area contributed by atoms with Crippen molar-refractivity contribution in [2.45, 2.75) is 57.4 Å².